The Kier molecular flexibility index (Phi) is 4.97. The Bertz CT molecular complexity index is 396. The summed E-state index contributed by atoms with van der Waals surface area (Å²) in [5.74, 6) is 0.824. The molecule has 19 heavy (non-hydrogen) atoms. The molecule has 0 radical (unpaired) electrons. The summed E-state index contributed by atoms with van der Waals surface area (Å²) >= 11 is 0. The summed E-state index contributed by atoms with van der Waals surface area (Å²) in [5.41, 5.74) is 7.21. The normalized spacial score (nSPS) is 18.3. The summed E-state index contributed by atoms with van der Waals surface area (Å²) in [5, 5.41) is 0. The number of rotatable bonds is 4. The van der Waals surface area contributed by atoms with Crippen molar-refractivity contribution in [2.75, 3.05) is 13.1 Å². The molecular formula is C16H24N2O. The van der Waals surface area contributed by atoms with Crippen molar-refractivity contribution in [2.24, 2.45) is 11.7 Å². The molecule has 2 N–H and O–H groups in total. The number of carbonyl (C=O) groups is 1. The summed E-state index contributed by atoms with van der Waals surface area (Å²) < 4.78 is 0. The SMILES string of the molecule is CC[C@H](N)C(=O)N1CCC(Cc2ccccc2)CC1. The van der Waals surface area contributed by atoms with Crippen LogP contribution in [0.15, 0.2) is 30.3 Å². The number of nitrogens with two attached hydrogens (primary N) is 1. The maximum Gasteiger partial charge on any atom is 0.239 e. The smallest absolute Gasteiger partial charge is 0.239 e. The van der Waals surface area contributed by atoms with E-state index in [-0.39, 0.29) is 11.9 Å². The van der Waals surface area contributed by atoms with Gasteiger partial charge in [0.25, 0.3) is 0 Å². The molecule has 0 aliphatic carbocycles. The lowest BCUT2D eigenvalue weighted by Crippen LogP contribution is -2.47. The summed E-state index contributed by atoms with van der Waals surface area (Å²) in [6, 6.07) is 10.3. The molecule has 2 rings (SSSR count). The summed E-state index contributed by atoms with van der Waals surface area (Å²) in [6.45, 7) is 3.69. The monoisotopic (exact) mass is 260 g/mol. The first-order chi connectivity index (χ1) is 9.20. The van der Waals surface area contributed by atoms with Gasteiger partial charge < -0.3 is 10.6 Å². The van der Waals surface area contributed by atoms with Crippen LogP contribution in [-0.4, -0.2) is 29.9 Å². The summed E-state index contributed by atoms with van der Waals surface area (Å²) in [6.07, 6.45) is 4.04. The molecule has 0 aromatic heterocycles. The number of carbonyl (C=O) groups excluding carboxylic acids is 1. The maximum atomic E-state index is 12.0. The number of amides is 1. The van der Waals surface area contributed by atoms with Gasteiger partial charge in [-0.05, 0) is 37.2 Å². The van der Waals surface area contributed by atoms with Crippen molar-refractivity contribution >= 4 is 5.91 Å². The molecule has 1 saturated heterocycles. The van der Waals surface area contributed by atoms with E-state index in [0.29, 0.717) is 5.92 Å². The zero-order valence-corrected chi connectivity index (χ0v) is 11.7. The molecule has 1 aromatic rings. The predicted molar refractivity (Wildman–Crippen MR) is 77.7 cm³/mol. The zero-order chi connectivity index (χ0) is 13.7. The van der Waals surface area contributed by atoms with Crippen LogP contribution >= 0.6 is 0 Å². The molecule has 1 aliphatic heterocycles. The average molecular weight is 260 g/mol. The van der Waals surface area contributed by atoms with Gasteiger partial charge in [0.15, 0.2) is 0 Å². The van der Waals surface area contributed by atoms with Crippen LogP contribution in [0.4, 0.5) is 0 Å². The van der Waals surface area contributed by atoms with Gasteiger partial charge in [0, 0.05) is 13.1 Å². The molecule has 3 nitrogen and oxygen atoms in total. The lowest BCUT2D eigenvalue weighted by atomic mass is 9.90. The molecule has 1 fully saturated rings. The van der Waals surface area contributed by atoms with E-state index in [1.165, 1.54) is 5.56 Å². The largest absolute Gasteiger partial charge is 0.341 e. The molecule has 1 aromatic carbocycles. The Hall–Kier alpha value is -1.35. The molecule has 1 heterocycles. The third-order valence-electron chi connectivity index (χ3n) is 4.05. The Morgan fingerprint density at radius 3 is 2.53 bits per heavy atom. The van der Waals surface area contributed by atoms with E-state index in [9.17, 15) is 4.79 Å². The highest BCUT2D eigenvalue weighted by Crippen LogP contribution is 2.22. The predicted octanol–water partition coefficient (Wildman–Crippen LogP) is 2.21. The lowest BCUT2D eigenvalue weighted by molar-refractivity contribution is -0.134. The number of nitrogens with zero attached hydrogens (tertiary/aromatic N) is 1. The van der Waals surface area contributed by atoms with Crippen LogP contribution in [0.1, 0.15) is 31.7 Å². The van der Waals surface area contributed by atoms with Crippen molar-refractivity contribution in [3.05, 3.63) is 35.9 Å². The van der Waals surface area contributed by atoms with Gasteiger partial charge in [0.05, 0.1) is 6.04 Å². The van der Waals surface area contributed by atoms with Gasteiger partial charge in [-0.3, -0.25) is 4.79 Å². The van der Waals surface area contributed by atoms with Crippen LogP contribution in [0.2, 0.25) is 0 Å². The van der Waals surface area contributed by atoms with Crippen LogP contribution in [0.3, 0.4) is 0 Å². The fourth-order valence-corrected chi connectivity index (χ4v) is 2.71. The highest BCUT2D eigenvalue weighted by atomic mass is 16.2. The first kappa shape index (κ1) is 14.1. The maximum absolute atomic E-state index is 12.0. The third kappa shape index (κ3) is 3.80. The van der Waals surface area contributed by atoms with Crippen LogP contribution in [-0.2, 0) is 11.2 Å². The van der Waals surface area contributed by atoms with Gasteiger partial charge in [-0.1, -0.05) is 37.3 Å². The fraction of sp³-hybridized carbons (Fsp3) is 0.562. The first-order valence-electron chi connectivity index (χ1n) is 7.29. The van der Waals surface area contributed by atoms with Crippen molar-refractivity contribution < 1.29 is 4.79 Å². The van der Waals surface area contributed by atoms with E-state index >= 15 is 0 Å². The minimum Gasteiger partial charge on any atom is -0.341 e. The van der Waals surface area contributed by atoms with Crippen LogP contribution in [0.5, 0.6) is 0 Å². The fourth-order valence-electron chi connectivity index (χ4n) is 2.71. The van der Waals surface area contributed by atoms with Crippen LogP contribution in [0.25, 0.3) is 0 Å². The molecule has 0 spiro atoms. The molecule has 1 aliphatic rings. The first-order valence-corrected chi connectivity index (χ1v) is 7.29. The third-order valence-corrected chi connectivity index (χ3v) is 4.05. The van der Waals surface area contributed by atoms with E-state index in [0.717, 1.165) is 38.8 Å². The van der Waals surface area contributed by atoms with Crippen molar-refractivity contribution in [1.29, 1.82) is 0 Å². The Balaban J connectivity index is 1.81. The highest BCUT2D eigenvalue weighted by molar-refractivity contribution is 5.81. The molecule has 3 heteroatoms. The molecule has 1 atom stereocenters. The van der Waals surface area contributed by atoms with Gasteiger partial charge in [-0.25, -0.2) is 0 Å². The Labute approximate surface area is 115 Å². The Morgan fingerprint density at radius 1 is 1.32 bits per heavy atom. The molecular weight excluding hydrogens is 236 g/mol. The standard InChI is InChI=1S/C16H24N2O/c1-2-15(17)16(19)18-10-8-14(9-11-18)12-13-6-4-3-5-7-13/h3-7,14-15H,2,8-12,17H2,1H3/t15-/m0/s1. The molecule has 1 amide bonds. The van der Waals surface area contributed by atoms with E-state index < -0.39 is 0 Å². The molecule has 0 unspecified atom stereocenters. The van der Waals surface area contributed by atoms with Gasteiger partial charge >= 0.3 is 0 Å². The van der Waals surface area contributed by atoms with Crippen molar-refractivity contribution in [1.82, 2.24) is 4.90 Å². The minimum absolute atomic E-state index is 0.126. The topological polar surface area (TPSA) is 46.3 Å². The van der Waals surface area contributed by atoms with Gasteiger partial charge in [0.1, 0.15) is 0 Å². The van der Waals surface area contributed by atoms with Crippen LogP contribution < -0.4 is 5.73 Å². The zero-order valence-electron chi connectivity index (χ0n) is 11.7. The van der Waals surface area contributed by atoms with Crippen molar-refractivity contribution in [3.63, 3.8) is 0 Å². The Morgan fingerprint density at radius 2 is 1.95 bits per heavy atom. The second-order valence-electron chi connectivity index (χ2n) is 5.47. The highest BCUT2D eigenvalue weighted by Gasteiger charge is 2.25. The number of benzene rings is 1. The van der Waals surface area contributed by atoms with Crippen molar-refractivity contribution in [2.45, 2.75) is 38.6 Å². The van der Waals surface area contributed by atoms with E-state index in [1.807, 2.05) is 11.8 Å². The average Bonchev–Trinajstić information content (AvgIpc) is 2.47. The van der Waals surface area contributed by atoms with E-state index in [1.54, 1.807) is 0 Å². The summed E-state index contributed by atoms with van der Waals surface area (Å²) in [4.78, 5) is 13.9. The van der Waals surface area contributed by atoms with Gasteiger partial charge in [-0.2, -0.15) is 0 Å². The number of hydrogen-bond donors (Lipinski definition) is 1. The molecule has 0 bridgehead atoms. The second-order valence-corrected chi connectivity index (χ2v) is 5.47. The van der Waals surface area contributed by atoms with Crippen LogP contribution in [0, 0.1) is 5.92 Å². The minimum atomic E-state index is -0.314. The number of piperidine rings is 1. The lowest BCUT2D eigenvalue weighted by Gasteiger charge is -2.33. The number of likely N-dealkylation sites (tertiary alicyclic amines) is 1. The van der Waals surface area contributed by atoms with Gasteiger partial charge in [0.2, 0.25) is 5.91 Å². The van der Waals surface area contributed by atoms with E-state index in [2.05, 4.69) is 30.3 Å². The van der Waals surface area contributed by atoms with Crippen molar-refractivity contribution in [3.8, 4) is 0 Å². The molecule has 104 valence electrons. The second kappa shape index (κ2) is 6.71. The quantitative estimate of drug-likeness (QED) is 0.902. The van der Waals surface area contributed by atoms with Gasteiger partial charge in [-0.15, -0.1) is 0 Å². The van der Waals surface area contributed by atoms with E-state index in [4.69, 9.17) is 5.73 Å². The summed E-state index contributed by atoms with van der Waals surface area (Å²) in [7, 11) is 0. The molecule has 0 saturated carbocycles. The number of hydrogen-bond acceptors (Lipinski definition) is 2.